The minimum atomic E-state index is -0.0467. The van der Waals surface area contributed by atoms with E-state index in [2.05, 4.69) is 26.6 Å². The summed E-state index contributed by atoms with van der Waals surface area (Å²) in [4.78, 5) is 11.9. The number of aliphatic hydroxyl groups excluding tert-OH is 1. The second-order valence-electron chi connectivity index (χ2n) is 5.27. The van der Waals surface area contributed by atoms with Crippen LogP contribution in [-0.2, 0) is 4.79 Å². The van der Waals surface area contributed by atoms with E-state index in [4.69, 9.17) is 0 Å². The van der Waals surface area contributed by atoms with Gasteiger partial charge in [-0.1, -0.05) is 28.8 Å². The Morgan fingerprint density at radius 2 is 1.95 bits per heavy atom. The Morgan fingerprint density at radius 1 is 1.25 bits per heavy atom. The highest BCUT2D eigenvalue weighted by Gasteiger charge is 2.24. The quantitative estimate of drug-likeness (QED) is 0.771. The maximum atomic E-state index is 11.9. The molecule has 1 aliphatic rings. The van der Waals surface area contributed by atoms with Gasteiger partial charge in [0, 0.05) is 22.8 Å². The zero-order valence-electron chi connectivity index (χ0n) is 11.4. The van der Waals surface area contributed by atoms with Crippen molar-refractivity contribution < 1.29 is 9.90 Å². The number of aliphatic hydroxyl groups is 1. The molecule has 1 fully saturated rings. The lowest BCUT2D eigenvalue weighted by Gasteiger charge is -2.30. The average molecular weight is 341 g/mol. The highest BCUT2D eigenvalue weighted by molar-refractivity contribution is 9.10. The van der Waals surface area contributed by atoms with Crippen LogP contribution in [0.5, 0.6) is 0 Å². The van der Waals surface area contributed by atoms with E-state index in [-0.39, 0.29) is 31.0 Å². The Balaban J connectivity index is 1.78. The van der Waals surface area contributed by atoms with Crippen LogP contribution in [0.25, 0.3) is 0 Å². The summed E-state index contributed by atoms with van der Waals surface area (Å²) in [5, 5.41) is 15.5. The van der Waals surface area contributed by atoms with Crippen LogP contribution in [0.2, 0.25) is 0 Å². The van der Waals surface area contributed by atoms with Crippen LogP contribution in [0, 0.1) is 5.92 Å². The molecule has 1 amide bonds. The molecule has 0 heterocycles. The van der Waals surface area contributed by atoms with Gasteiger partial charge in [-0.2, -0.15) is 0 Å². The van der Waals surface area contributed by atoms with Crippen molar-refractivity contribution in [3.05, 3.63) is 28.7 Å². The lowest BCUT2D eigenvalue weighted by Crippen LogP contribution is -2.43. The van der Waals surface area contributed by atoms with Gasteiger partial charge in [-0.15, -0.1) is 0 Å². The Bertz CT molecular complexity index is 436. The minimum absolute atomic E-state index is 0.0467. The van der Waals surface area contributed by atoms with Crippen molar-refractivity contribution in [3.8, 4) is 0 Å². The first-order chi connectivity index (χ1) is 9.69. The van der Waals surface area contributed by atoms with E-state index in [1.807, 2.05) is 24.3 Å². The molecule has 0 aromatic heterocycles. The predicted molar refractivity (Wildman–Crippen MR) is 83.6 cm³/mol. The molecule has 110 valence electrons. The molecule has 0 bridgehead atoms. The highest BCUT2D eigenvalue weighted by atomic mass is 79.9. The van der Waals surface area contributed by atoms with Gasteiger partial charge in [-0.3, -0.25) is 4.79 Å². The molecule has 0 saturated heterocycles. The van der Waals surface area contributed by atoms with Crippen LogP contribution in [0.15, 0.2) is 28.7 Å². The molecule has 1 aliphatic carbocycles. The van der Waals surface area contributed by atoms with Crippen molar-refractivity contribution in [1.29, 1.82) is 0 Å². The molecule has 0 spiro atoms. The van der Waals surface area contributed by atoms with Crippen LogP contribution in [-0.4, -0.2) is 30.2 Å². The van der Waals surface area contributed by atoms with Crippen molar-refractivity contribution in [3.63, 3.8) is 0 Å². The van der Waals surface area contributed by atoms with Gasteiger partial charge in [0.25, 0.3) is 0 Å². The lowest BCUT2D eigenvalue weighted by atomic mass is 9.85. The number of hydrogen-bond donors (Lipinski definition) is 3. The van der Waals surface area contributed by atoms with E-state index in [9.17, 15) is 9.90 Å². The molecule has 2 atom stereocenters. The number of halogens is 1. The molecule has 1 saturated carbocycles. The second kappa shape index (κ2) is 7.76. The van der Waals surface area contributed by atoms with Gasteiger partial charge in [0.2, 0.25) is 5.91 Å². The summed E-state index contributed by atoms with van der Waals surface area (Å²) >= 11 is 3.36. The van der Waals surface area contributed by atoms with Crippen molar-refractivity contribution in [2.45, 2.75) is 31.7 Å². The van der Waals surface area contributed by atoms with Crippen LogP contribution < -0.4 is 10.6 Å². The summed E-state index contributed by atoms with van der Waals surface area (Å²) in [5.41, 5.74) is 0.794. The van der Waals surface area contributed by atoms with Crippen molar-refractivity contribution >= 4 is 27.5 Å². The number of benzene rings is 1. The molecule has 5 heteroatoms. The molecule has 3 N–H and O–H groups in total. The molecule has 2 unspecified atom stereocenters. The summed E-state index contributed by atoms with van der Waals surface area (Å²) in [6.07, 6.45) is 4.43. The van der Waals surface area contributed by atoms with E-state index >= 15 is 0 Å². The van der Waals surface area contributed by atoms with Gasteiger partial charge in [0.1, 0.15) is 0 Å². The number of carbonyl (C=O) groups excluding carboxylic acids is 1. The number of anilines is 1. The van der Waals surface area contributed by atoms with Gasteiger partial charge in [0.05, 0.1) is 6.54 Å². The molecular weight excluding hydrogens is 320 g/mol. The van der Waals surface area contributed by atoms with Gasteiger partial charge in [-0.25, -0.2) is 0 Å². The van der Waals surface area contributed by atoms with Crippen LogP contribution in [0.1, 0.15) is 25.7 Å². The molecule has 0 aliphatic heterocycles. The first-order valence-electron chi connectivity index (χ1n) is 7.08. The van der Waals surface area contributed by atoms with Crippen molar-refractivity contribution in [1.82, 2.24) is 5.32 Å². The summed E-state index contributed by atoms with van der Waals surface area (Å²) in [6, 6.07) is 7.76. The van der Waals surface area contributed by atoms with Crippen molar-refractivity contribution in [2.75, 3.05) is 18.5 Å². The van der Waals surface area contributed by atoms with Gasteiger partial charge in [0.15, 0.2) is 0 Å². The summed E-state index contributed by atoms with van der Waals surface area (Å²) in [5.74, 6) is 0.235. The van der Waals surface area contributed by atoms with Gasteiger partial charge in [-0.05, 0) is 43.0 Å². The first-order valence-corrected chi connectivity index (χ1v) is 7.88. The third kappa shape index (κ3) is 4.58. The maximum Gasteiger partial charge on any atom is 0.238 e. The third-order valence-electron chi connectivity index (χ3n) is 3.80. The molecule has 2 rings (SSSR count). The SMILES string of the molecule is O=C(CNC1CCCCC1CO)Nc1ccc(Br)cc1. The summed E-state index contributed by atoms with van der Waals surface area (Å²) < 4.78 is 0.988. The van der Waals surface area contributed by atoms with E-state index < -0.39 is 0 Å². The smallest absolute Gasteiger partial charge is 0.238 e. The first kappa shape index (κ1) is 15.5. The molecule has 1 aromatic rings. The Labute approximate surface area is 128 Å². The second-order valence-corrected chi connectivity index (χ2v) is 6.19. The van der Waals surface area contributed by atoms with Gasteiger partial charge < -0.3 is 15.7 Å². The Kier molecular flexibility index (Phi) is 6.01. The Hall–Kier alpha value is -0.910. The minimum Gasteiger partial charge on any atom is -0.396 e. The van der Waals surface area contributed by atoms with E-state index in [0.29, 0.717) is 0 Å². The monoisotopic (exact) mass is 340 g/mol. The molecule has 4 nitrogen and oxygen atoms in total. The van der Waals surface area contributed by atoms with Crippen molar-refractivity contribution in [2.24, 2.45) is 5.92 Å². The third-order valence-corrected chi connectivity index (χ3v) is 4.33. The number of amides is 1. The summed E-state index contributed by atoms with van der Waals surface area (Å²) in [7, 11) is 0. The highest BCUT2D eigenvalue weighted by Crippen LogP contribution is 2.23. The fourth-order valence-electron chi connectivity index (χ4n) is 2.66. The Morgan fingerprint density at radius 3 is 2.65 bits per heavy atom. The zero-order valence-corrected chi connectivity index (χ0v) is 13.0. The number of hydrogen-bond acceptors (Lipinski definition) is 3. The molecule has 1 aromatic carbocycles. The summed E-state index contributed by atoms with van der Waals surface area (Å²) in [6.45, 7) is 0.489. The fourth-order valence-corrected chi connectivity index (χ4v) is 2.92. The topological polar surface area (TPSA) is 61.4 Å². The molecule has 20 heavy (non-hydrogen) atoms. The van der Waals surface area contributed by atoms with E-state index in [0.717, 1.165) is 23.0 Å². The number of carbonyl (C=O) groups is 1. The predicted octanol–water partition coefficient (Wildman–Crippen LogP) is 2.53. The van der Waals surface area contributed by atoms with Gasteiger partial charge >= 0.3 is 0 Å². The normalized spacial score (nSPS) is 22.5. The lowest BCUT2D eigenvalue weighted by molar-refractivity contribution is -0.115. The average Bonchev–Trinajstić information content (AvgIpc) is 2.48. The standard InChI is InChI=1S/C15H21BrN2O2/c16-12-5-7-13(8-6-12)18-15(20)9-17-14-4-2-1-3-11(14)10-19/h5-8,11,14,17,19H,1-4,9-10H2,(H,18,20). The fraction of sp³-hybridized carbons (Fsp3) is 0.533. The van der Waals surface area contributed by atoms with E-state index in [1.165, 1.54) is 12.8 Å². The molecular formula is C15H21BrN2O2. The number of nitrogens with one attached hydrogen (secondary N) is 2. The number of rotatable bonds is 5. The van der Waals surface area contributed by atoms with Crippen LogP contribution in [0.3, 0.4) is 0 Å². The van der Waals surface area contributed by atoms with Crippen LogP contribution >= 0.6 is 15.9 Å². The molecule has 0 radical (unpaired) electrons. The zero-order chi connectivity index (χ0) is 14.4. The maximum absolute atomic E-state index is 11.9. The largest absolute Gasteiger partial charge is 0.396 e. The van der Waals surface area contributed by atoms with E-state index in [1.54, 1.807) is 0 Å². The van der Waals surface area contributed by atoms with Crippen LogP contribution in [0.4, 0.5) is 5.69 Å².